The second-order valence-electron chi connectivity index (χ2n) is 18.6. The minimum absolute atomic E-state index is 0.0530. The first-order chi connectivity index (χ1) is 25.2. The third kappa shape index (κ3) is 21.7. The highest BCUT2D eigenvalue weighted by Crippen LogP contribution is 2.48. The second-order valence-corrected chi connectivity index (χ2v) is 18.6. The van der Waals surface area contributed by atoms with E-state index in [9.17, 15) is 10.2 Å². The van der Waals surface area contributed by atoms with Gasteiger partial charge in [-0.15, -0.1) is 0 Å². The number of phenolic OH excluding ortho intramolecular Hbond substituents is 2. The van der Waals surface area contributed by atoms with E-state index in [2.05, 4.69) is 68.4 Å². The van der Waals surface area contributed by atoms with E-state index in [1.165, 1.54) is 143 Å². The SMILES string of the molecule is COc1c(O)c(C)c(CC[C@@H](C)CCC[C@@H](C)CC/C=C(\C)CCC[C@@H](C)CCCC(C)CCC[C@H](C)CCC[C@@H](C)CCCC(C)C)c(O)c1OC. The van der Waals surface area contributed by atoms with Gasteiger partial charge in [0.1, 0.15) is 0 Å². The van der Waals surface area contributed by atoms with Gasteiger partial charge < -0.3 is 19.7 Å². The summed E-state index contributed by atoms with van der Waals surface area (Å²) in [5, 5.41) is 21.3. The Balaban J connectivity index is 2.13. The zero-order chi connectivity index (χ0) is 39.8. The predicted octanol–water partition coefficient (Wildman–Crippen LogP) is 15.6. The number of aromatic hydroxyl groups is 2. The van der Waals surface area contributed by atoms with Crippen molar-refractivity contribution < 1.29 is 19.7 Å². The van der Waals surface area contributed by atoms with Gasteiger partial charge >= 0.3 is 0 Å². The Hall–Kier alpha value is -1.84. The van der Waals surface area contributed by atoms with Gasteiger partial charge in [-0.2, -0.15) is 0 Å². The highest BCUT2D eigenvalue weighted by Gasteiger charge is 2.23. The maximum Gasteiger partial charge on any atom is 0.207 e. The summed E-state index contributed by atoms with van der Waals surface area (Å²) in [5.74, 6) is 6.27. The van der Waals surface area contributed by atoms with Gasteiger partial charge in [-0.3, -0.25) is 0 Å². The molecule has 310 valence electrons. The van der Waals surface area contributed by atoms with Crippen LogP contribution in [0.1, 0.15) is 208 Å². The van der Waals surface area contributed by atoms with E-state index in [4.69, 9.17) is 9.47 Å². The molecule has 0 saturated carbocycles. The average Bonchev–Trinajstić information content (AvgIpc) is 3.09. The van der Waals surface area contributed by atoms with Gasteiger partial charge in [0.05, 0.1) is 14.2 Å². The Labute approximate surface area is 330 Å². The van der Waals surface area contributed by atoms with Crippen molar-refractivity contribution in [2.75, 3.05) is 14.2 Å². The molecule has 6 atom stereocenters. The lowest BCUT2D eigenvalue weighted by atomic mass is 9.89. The lowest BCUT2D eigenvalue weighted by Gasteiger charge is -2.19. The summed E-state index contributed by atoms with van der Waals surface area (Å²) in [6.45, 7) is 23.5. The smallest absolute Gasteiger partial charge is 0.207 e. The third-order valence-electron chi connectivity index (χ3n) is 12.5. The van der Waals surface area contributed by atoms with Gasteiger partial charge in [-0.1, -0.05) is 170 Å². The maximum absolute atomic E-state index is 10.8. The number of allylic oxidation sites excluding steroid dienone is 2. The van der Waals surface area contributed by atoms with Crippen LogP contribution in [0.15, 0.2) is 11.6 Å². The number of hydrogen-bond donors (Lipinski definition) is 2. The number of ether oxygens (including phenoxy) is 2. The van der Waals surface area contributed by atoms with Crippen molar-refractivity contribution in [3.05, 3.63) is 22.8 Å². The quantitative estimate of drug-likeness (QED) is 0.0570. The molecular weight excluding hydrogens is 653 g/mol. The van der Waals surface area contributed by atoms with E-state index < -0.39 is 0 Å². The molecule has 1 aromatic rings. The Kier molecular flexibility index (Phi) is 26.5. The first-order valence-corrected chi connectivity index (χ1v) is 22.5. The van der Waals surface area contributed by atoms with Crippen LogP contribution in [0, 0.1) is 48.3 Å². The summed E-state index contributed by atoms with van der Waals surface area (Å²) in [7, 11) is 2.96. The van der Waals surface area contributed by atoms with Crippen LogP contribution >= 0.6 is 0 Å². The Morgan fingerprint density at radius 3 is 1.28 bits per heavy atom. The lowest BCUT2D eigenvalue weighted by Crippen LogP contribution is -2.03. The van der Waals surface area contributed by atoms with Gasteiger partial charge in [0.15, 0.2) is 11.5 Å². The Bertz CT molecular complexity index is 1110. The molecule has 4 heteroatoms. The largest absolute Gasteiger partial charge is 0.504 e. The molecule has 53 heavy (non-hydrogen) atoms. The Morgan fingerprint density at radius 1 is 0.509 bits per heavy atom. The fourth-order valence-corrected chi connectivity index (χ4v) is 8.36. The minimum atomic E-state index is 0.0530. The van der Waals surface area contributed by atoms with Crippen LogP contribution in [0.5, 0.6) is 23.0 Å². The molecule has 0 fully saturated rings. The minimum Gasteiger partial charge on any atom is -0.504 e. The first-order valence-electron chi connectivity index (χ1n) is 22.5. The topological polar surface area (TPSA) is 58.9 Å². The van der Waals surface area contributed by atoms with Gasteiger partial charge in [0.25, 0.3) is 0 Å². The third-order valence-corrected chi connectivity index (χ3v) is 12.5. The molecule has 1 unspecified atom stereocenters. The van der Waals surface area contributed by atoms with Crippen molar-refractivity contribution >= 4 is 0 Å². The van der Waals surface area contributed by atoms with E-state index in [1.54, 1.807) is 5.57 Å². The van der Waals surface area contributed by atoms with Crippen molar-refractivity contribution in [2.24, 2.45) is 41.4 Å². The number of phenols is 2. The van der Waals surface area contributed by atoms with Crippen LogP contribution in [0.4, 0.5) is 0 Å². The fourth-order valence-electron chi connectivity index (χ4n) is 8.36. The van der Waals surface area contributed by atoms with E-state index in [-0.39, 0.29) is 23.0 Å². The van der Waals surface area contributed by atoms with Crippen LogP contribution in [0.2, 0.25) is 0 Å². The molecule has 0 radical (unpaired) electrons. The molecular formula is C49H90O4. The average molecular weight is 743 g/mol. The van der Waals surface area contributed by atoms with Crippen molar-refractivity contribution in [3.63, 3.8) is 0 Å². The van der Waals surface area contributed by atoms with E-state index in [0.717, 1.165) is 47.5 Å². The zero-order valence-corrected chi connectivity index (χ0v) is 37.4. The molecule has 1 rings (SSSR count). The van der Waals surface area contributed by atoms with Crippen LogP contribution in [0.25, 0.3) is 0 Å². The zero-order valence-electron chi connectivity index (χ0n) is 37.4. The van der Waals surface area contributed by atoms with Crippen molar-refractivity contribution in [1.29, 1.82) is 0 Å². The molecule has 0 amide bonds. The molecule has 0 aliphatic carbocycles. The van der Waals surface area contributed by atoms with E-state index in [0.29, 0.717) is 17.9 Å². The van der Waals surface area contributed by atoms with Crippen LogP contribution in [-0.4, -0.2) is 24.4 Å². The van der Waals surface area contributed by atoms with Crippen LogP contribution in [0.3, 0.4) is 0 Å². The number of methoxy groups -OCH3 is 2. The van der Waals surface area contributed by atoms with Crippen molar-refractivity contribution in [2.45, 2.75) is 210 Å². The van der Waals surface area contributed by atoms with E-state index >= 15 is 0 Å². The summed E-state index contributed by atoms with van der Waals surface area (Å²) < 4.78 is 10.6. The van der Waals surface area contributed by atoms with E-state index in [1.807, 2.05) is 6.92 Å². The number of hydrogen-bond acceptors (Lipinski definition) is 4. The summed E-state index contributed by atoms with van der Waals surface area (Å²) in [5.41, 5.74) is 3.01. The number of rotatable bonds is 32. The second kappa shape index (κ2) is 28.6. The van der Waals surface area contributed by atoms with Crippen molar-refractivity contribution in [3.8, 4) is 23.0 Å². The molecule has 0 saturated heterocycles. The first kappa shape index (κ1) is 49.2. The molecule has 2 N–H and O–H groups in total. The summed E-state index contributed by atoms with van der Waals surface area (Å²) in [6, 6.07) is 0. The van der Waals surface area contributed by atoms with Gasteiger partial charge in [0.2, 0.25) is 11.5 Å². The molecule has 0 aliphatic heterocycles. The maximum atomic E-state index is 10.8. The molecule has 0 bridgehead atoms. The van der Waals surface area contributed by atoms with Gasteiger partial charge in [-0.05, 0) is 93.8 Å². The van der Waals surface area contributed by atoms with Crippen LogP contribution < -0.4 is 9.47 Å². The summed E-state index contributed by atoms with van der Waals surface area (Å²) in [4.78, 5) is 0. The Morgan fingerprint density at radius 2 is 0.868 bits per heavy atom. The predicted molar refractivity (Wildman–Crippen MR) is 232 cm³/mol. The molecule has 0 heterocycles. The summed E-state index contributed by atoms with van der Waals surface area (Å²) >= 11 is 0. The number of benzene rings is 1. The highest BCUT2D eigenvalue weighted by atomic mass is 16.5. The van der Waals surface area contributed by atoms with Crippen LogP contribution in [-0.2, 0) is 6.42 Å². The highest BCUT2D eigenvalue weighted by molar-refractivity contribution is 5.65. The van der Waals surface area contributed by atoms with Gasteiger partial charge in [-0.25, -0.2) is 0 Å². The fraction of sp³-hybridized carbons (Fsp3) is 0.837. The monoisotopic (exact) mass is 743 g/mol. The van der Waals surface area contributed by atoms with Gasteiger partial charge in [0, 0.05) is 11.1 Å². The summed E-state index contributed by atoms with van der Waals surface area (Å²) in [6.07, 6.45) is 31.4. The molecule has 0 aromatic heterocycles. The normalized spacial score (nSPS) is 15.7. The molecule has 4 nitrogen and oxygen atoms in total. The molecule has 0 aliphatic rings. The molecule has 0 spiro atoms. The standard InChI is InChI=1S/C49H90O4/c1-36(2)20-13-21-37(3)22-14-23-38(4)24-15-25-39(5)26-16-27-40(6)28-17-29-41(7)30-18-31-42(8)32-19-33-43(9)34-35-45-44(10)46(50)48(52-11)49(53-12)47(45)51/h30,36-40,42-43,50-51H,13-29,31-35H2,1-12H3/b41-30+/t37-,38+,39?,40-,42-,43-/m0/s1. The lowest BCUT2D eigenvalue weighted by molar-refractivity contribution is 0.313. The van der Waals surface area contributed by atoms with Crippen molar-refractivity contribution in [1.82, 2.24) is 0 Å². The molecule has 1 aromatic carbocycles.